The standard InChI is InChI=1S/C11H5F11N/c1-5-2-3-6(4-23-5)7(12,13)8(14,15)9(16,17)10(18,19)11(20,21)22/h2-4H,1H2. The first-order chi connectivity index (χ1) is 10.00. The minimum Gasteiger partial charge on any atom is -0.261 e. The van der Waals surface area contributed by atoms with Gasteiger partial charge >= 0.3 is 29.9 Å². The highest BCUT2D eigenvalue weighted by Gasteiger charge is 2.87. The molecule has 12 heteroatoms. The molecule has 131 valence electrons. The summed E-state index contributed by atoms with van der Waals surface area (Å²) in [6, 6.07) is 0.657. The summed E-state index contributed by atoms with van der Waals surface area (Å²) in [6.07, 6.45) is -7.26. The molecule has 1 nitrogen and oxygen atoms in total. The Bertz CT molecular complexity index is 558. The van der Waals surface area contributed by atoms with Crippen molar-refractivity contribution >= 4 is 0 Å². The van der Waals surface area contributed by atoms with Crippen molar-refractivity contribution in [3.05, 3.63) is 36.5 Å². The number of alkyl halides is 11. The van der Waals surface area contributed by atoms with Crippen LogP contribution in [0.25, 0.3) is 0 Å². The maximum absolute atomic E-state index is 13.5. The van der Waals surface area contributed by atoms with Gasteiger partial charge in [-0.3, -0.25) is 4.98 Å². The lowest BCUT2D eigenvalue weighted by atomic mass is 9.94. The van der Waals surface area contributed by atoms with Crippen molar-refractivity contribution in [1.29, 1.82) is 0 Å². The maximum atomic E-state index is 13.5. The van der Waals surface area contributed by atoms with Gasteiger partial charge in [-0.2, -0.15) is 48.3 Å². The van der Waals surface area contributed by atoms with E-state index in [1.807, 2.05) is 0 Å². The molecule has 0 unspecified atom stereocenters. The Hall–Kier alpha value is -1.62. The van der Waals surface area contributed by atoms with Crippen LogP contribution >= 0.6 is 0 Å². The number of nitrogens with zero attached hydrogens (tertiary/aromatic N) is 1. The topological polar surface area (TPSA) is 12.9 Å². The van der Waals surface area contributed by atoms with Crippen LogP contribution in [0.4, 0.5) is 48.3 Å². The maximum Gasteiger partial charge on any atom is 0.460 e. The fraction of sp³-hybridized carbons (Fsp3) is 0.455. The van der Waals surface area contributed by atoms with Crippen LogP contribution in [0.3, 0.4) is 0 Å². The van der Waals surface area contributed by atoms with Gasteiger partial charge < -0.3 is 0 Å². The van der Waals surface area contributed by atoms with E-state index in [0.717, 1.165) is 0 Å². The average molecular weight is 360 g/mol. The van der Waals surface area contributed by atoms with E-state index in [4.69, 9.17) is 0 Å². The lowest BCUT2D eigenvalue weighted by Gasteiger charge is -2.37. The van der Waals surface area contributed by atoms with E-state index in [1.54, 1.807) is 0 Å². The predicted molar refractivity (Wildman–Crippen MR) is 53.5 cm³/mol. The monoisotopic (exact) mass is 360 g/mol. The van der Waals surface area contributed by atoms with Crippen molar-refractivity contribution in [1.82, 2.24) is 4.98 Å². The first-order valence-electron chi connectivity index (χ1n) is 5.36. The number of halogens is 11. The van der Waals surface area contributed by atoms with Crippen LogP contribution < -0.4 is 0 Å². The Balaban J connectivity index is 3.45. The largest absolute Gasteiger partial charge is 0.460 e. The Kier molecular flexibility index (Phi) is 4.39. The molecular formula is C11H5F11N. The van der Waals surface area contributed by atoms with Crippen molar-refractivity contribution in [3.63, 3.8) is 0 Å². The first kappa shape index (κ1) is 19.4. The normalized spacial score (nSPS) is 15.0. The van der Waals surface area contributed by atoms with Gasteiger partial charge in [0, 0.05) is 17.5 Å². The third kappa shape index (κ3) is 2.71. The fourth-order valence-electron chi connectivity index (χ4n) is 1.36. The number of hydrogen-bond acceptors (Lipinski definition) is 1. The average Bonchev–Trinajstić information content (AvgIpc) is 2.37. The van der Waals surface area contributed by atoms with Gasteiger partial charge in [0.25, 0.3) is 0 Å². The second-order valence-corrected chi connectivity index (χ2v) is 4.33. The molecule has 0 fully saturated rings. The van der Waals surface area contributed by atoms with Gasteiger partial charge in [-0.25, -0.2) is 0 Å². The van der Waals surface area contributed by atoms with Gasteiger partial charge in [0.1, 0.15) is 0 Å². The quantitative estimate of drug-likeness (QED) is 0.702. The predicted octanol–water partition coefficient (Wildman–Crippen LogP) is 4.82. The summed E-state index contributed by atoms with van der Waals surface area (Å²) in [5.41, 5.74) is -2.24. The highest BCUT2D eigenvalue weighted by Crippen LogP contribution is 2.59. The molecule has 0 amide bonds. The van der Waals surface area contributed by atoms with Gasteiger partial charge in [0.2, 0.25) is 0 Å². The van der Waals surface area contributed by atoms with E-state index >= 15 is 0 Å². The van der Waals surface area contributed by atoms with Crippen molar-refractivity contribution in [3.8, 4) is 0 Å². The first-order valence-corrected chi connectivity index (χ1v) is 5.36. The molecule has 1 aromatic rings. The van der Waals surface area contributed by atoms with E-state index in [2.05, 4.69) is 11.9 Å². The Labute approximate surface area is 121 Å². The second kappa shape index (κ2) is 5.20. The lowest BCUT2D eigenvalue weighted by molar-refractivity contribution is -0.424. The Morgan fingerprint density at radius 1 is 0.696 bits per heavy atom. The van der Waals surface area contributed by atoms with Crippen LogP contribution in [0.1, 0.15) is 11.3 Å². The van der Waals surface area contributed by atoms with E-state index in [1.165, 1.54) is 0 Å². The molecule has 0 aliphatic carbocycles. The van der Waals surface area contributed by atoms with Crippen molar-refractivity contribution in [2.75, 3.05) is 0 Å². The third-order valence-corrected chi connectivity index (χ3v) is 2.73. The second-order valence-electron chi connectivity index (χ2n) is 4.33. The zero-order chi connectivity index (χ0) is 18.5. The molecule has 0 spiro atoms. The molecule has 0 aliphatic heterocycles. The number of pyridine rings is 1. The summed E-state index contributed by atoms with van der Waals surface area (Å²) in [5.74, 6) is -28.0. The van der Waals surface area contributed by atoms with Crippen molar-refractivity contribution < 1.29 is 48.3 Å². The third-order valence-electron chi connectivity index (χ3n) is 2.73. The lowest BCUT2D eigenvalue weighted by Crippen LogP contribution is -2.65. The van der Waals surface area contributed by atoms with Gasteiger partial charge in [-0.1, -0.05) is 0 Å². The van der Waals surface area contributed by atoms with Gasteiger partial charge in [-0.05, 0) is 19.1 Å². The molecule has 1 radical (unpaired) electrons. The molecule has 1 heterocycles. The van der Waals surface area contributed by atoms with E-state index in [-0.39, 0.29) is 18.0 Å². The highest BCUT2D eigenvalue weighted by molar-refractivity contribution is 5.24. The minimum absolute atomic E-state index is 0.0853. The molecule has 0 saturated heterocycles. The Morgan fingerprint density at radius 2 is 1.17 bits per heavy atom. The number of rotatable bonds is 4. The smallest absolute Gasteiger partial charge is 0.261 e. The highest BCUT2D eigenvalue weighted by atomic mass is 19.4. The fourth-order valence-corrected chi connectivity index (χ4v) is 1.36. The SMILES string of the molecule is [CH2]c1ccc(C(F)(F)C(F)(F)C(F)(F)C(F)(F)C(F)(F)F)cn1. The molecule has 0 saturated carbocycles. The molecule has 0 aromatic carbocycles. The summed E-state index contributed by atoms with van der Waals surface area (Å²) >= 11 is 0. The molecular weight excluding hydrogens is 355 g/mol. The molecule has 0 N–H and O–H groups in total. The van der Waals surface area contributed by atoms with Crippen LogP contribution in [0, 0.1) is 6.92 Å². The van der Waals surface area contributed by atoms with Crippen LogP contribution in [0.15, 0.2) is 18.3 Å². The molecule has 1 rings (SSSR count). The molecule has 0 bridgehead atoms. The minimum atomic E-state index is -7.43. The number of hydrogen-bond donors (Lipinski definition) is 0. The van der Waals surface area contributed by atoms with Crippen LogP contribution in [-0.4, -0.2) is 28.9 Å². The Morgan fingerprint density at radius 3 is 1.52 bits per heavy atom. The zero-order valence-corrected chi connectivity index (χ0v) is 10.5. The summed E-state index contributed by atoms with van der Waals surface area (Å²) in [5, 5.41) is 0. The molecule has 1 aromatic heterocycles. The van der Waals surface area contributed by atoms with Gasteiger partial charge in [0.15, 0.2) is 0 Å². The molecule has 0 atom stereocenters. The van der Waals surface area contributed by atoms with E-state index < -0.39 is 35.4 Å². The van der Waals surface area contributed by atoms with Crippen LogP contribution in [0.2, 0.25) is 0 Å². The summed E-state index contributed by atoms with van der Waals surface area (Å²) in [7, 11) is 0. The van der Waals surface area contributed by atoms with E-state index in [0.29, 0.717) is 6.07 Å². The van der Waals surface area contributed by atoms with Gasteiger partial charge in [-0.15, -0.1) is 0 Å². The van der Waals surface area contributed by atoms with Gasteiger partial charge in [0.05, 0.1) is 0 Å². The van der Waals surface area contributed by atoms with Crippen molar-refractivity contribution in [2.24, 2.45) is 0 Å². The zero-order valence-electron chi connectivity index (χ0n) is 10.5. The summed E-state index contributed by atoms with van der Waals surface area (Å²) in [6.45, 7) is 3.07. The molecule has 23 heavy (non-hydrogen) atoms. The van der Waals surface area contributed by atoms with Crippen LogP contribution in [-0.2, 0) is 5.92 Å². The van der Waals surface area contributed by atoms with Crippen molar-refractivity contribution in [2.45, 2.75) is 29.9 Å². The molecule has 0 aliphatic rings. The summed E-state index contributed by atoms with van der Waals surface area (Å²) in [4.78, 5) is 2.97. The van der Waals surface area contributed by atoms with E-state index in [9.17, 15) is 48.3 Å². The van der Waals surface area contributed by atoms with Crippen LogP contribution in [0.5, 0.6) is 0 Å². The summed E-state index contributed by atoms with van der Waals surface area (Å²) < 4.78 is 140. The number of aromatic nitrogens is 1.